The van der Waals surface area contributed by atoms with E-state index in [0.29, 0.717) is 0 Å². The maximum absolute atomic E-state index is 13.5. The van der Waals surface area contributed by atoms with Crippen LogP contribution in [0.5, 0.6) is 0 Å². The predicted molar refractivity (Wildman–Crippen MR) is 72.6 cm³/mol. The summed E-state index contributed by atoms with van der Waals surface area (Å²) >= 11 is 2.94. The highest BCUT2D eigenvalue weighted by atomic mass is 79.9. The summed E-state index contributed by atoms with van der Waals surface area (Å²) in [4.78, 5) is 15.0. The molecule has 2 aromatic rings. The zero-order valence-electron chi connectivity index (χ0n) is 11.1. The predicted octanol–water partition coefficient (Wildman–Crippen LogP) is 3.60. The summed E-state index contributed by atoms with van der Waals surface area (Å²) in [5.41, 5.74) is 0.221. The number of carboxylic acid groups (broad SMARTS) is 1. The molecule has 5 nitrogen and oxygen atoms in total. The molecular weight excluding hydrogens is 350 g/mol. The van der Waals surface area contributed by atoms with Crippen LogP contribution < -0.4 is 0 Å². The van der Waals surface area contributed by atoms with E-state index in [0.717, 1.165) is 6.07 Å². The molecule has 0 radical (unpaired) electrons. The molecule has 0 saturated carbocycles. The molecule has 0 amide bonds. The number of aliphatic carboxylic acids is 1. The third-order valence-electron chi connectivity index (χ3n) is 3.25. The Bertz CT molecular complexity index is 690. The van der Waals surface area contributed by atoms with E-state index in [-0.39, 0.29) is 21.8 Å². The second-order valence-electron chi connectivity index (χ2n) is 4.59. The highest BCUT2D eigenvalue weighted by Crippen LogP contribution is 2.31. The summed E-state index contributed by atoms with van der Waals surface area (Å²) in [5, 5.41) is 12.6. The molecule has 2 unspecified atom stereocenters. The molecule has 1 aromatic heterocycles. The number of hydrogen-bond acceptors (Lipinski definition) is 4. The lowest BCUT2D eigenvalue weighted by Gasteiger charge is -2.10. The first kappa shape index (κ1) is 15.6. The monoisotopic (exact) mass is 360 g/mol. The van der Waals surface area contributed by atoms with Gasteiger partial charge in [0.15, 0.2) is 11.6 Å². The van der Waals surface area contributed by atoms with Crippen LogP contribution in [0.1, 0.15) is 25.7 Å². The minimum Gasteiger partial charge on any atom is -0.481 e. The van der Waals surface area contributed by atoms with Gasteiger partial charge >= 0.3 is 5.97 Å². The molecule has 2 rings (SSSR count). The van der Waals surface area contributed by atoms with E-state index in [4.69, 9.17) is 9.63 Å². The number of nitrogens with zero attached hydrogens (tertiary/aromatic N) is 2. The average molecular weight is 361 g/mol. The smallest absolute Gasteiger partial charge is 0.307 e. The normalized spacial score (nSPS) is 14.0. The van der Waals surface area contributed by atoms with Gasteiger partial charge in [0, 0.05) is 11.5 Å². The number of hydrogen-bond donors (Lipinski definition) is 1. The molecule has 0 aliphatic heterocycles. The van der Waals surface area contributed by atoms with Gasteiger partial charge in [-0.25, -0.2) is 8.78 Å². The van der Waals surface area contributed by atoms with Crippen LogP contribution in [0, 0.1) is 17.6 Å². The van der Waals surface area contributed by atoms with Crippen molar-refractivity contribution in [2.45, 2.75) is 19.8 Å². The van der Waals surface area contributed by atoms with Crippen molar-refractivity contribution in [3.63, 3.8) is 0 Å². The van der Waals surface area contributed by atoms with Gasteiger partial charge < -0.3 is 9.63 Å². The van der Waals surface area contributed by atoms with E-state index >= 15 is 0 Å². The Balaban J connectivity index is 2.37. The van der Waals surface area contributed by atoms with E-state index in [9.17, 15) is 13.6 Å². The fraction of sp³-hybridized carbons (Fsp3) is 0.308. The quantitative estimate of drug-likeness (QED) is 0.843. The maximum Gasteiger partial charge on any atom is 0.307 e. The minimum atomic E-state index is -1.05. The van der Waals surface area contributed by atoms with Gasteiger partial charge in [0.2, 0.25) is 11.7 Å². The van der Waals surface area contributed by atoms with Crippen LogP contribution >= 0.6 is 15.9 Å². The van der Waals surface area contributed by atoms with Gasteiger partial charge in [-0.1, -0.05) is 19.0 Å². The zero-order chi connectivity index (χ0) is 15.7. The van der Waals surface area contributed by atoms with Crippen molar-refractivity contribution in [3.05, 3.63) is 34.1 Å². The van der Waals surface area contributed by atoms with Crippen molar-refractivity contribution in [1.82, 2.24) is 10.1 Å². The Hall–Kier alpha value is -1.83. The first-order valence-corrected chi connectivity index (χ1v) is 6.82. The molecule has 1 aromatic carbocycles. The summed E-state index contributed by atoms with van der Waals surface area (Å²) in [6.45, 7) is 3.15. The van der Waals surface area contributed by atoms with Crippen LogP contribution in [0.4, 0.5) is 8.78 Å². The van der Waals surface area contributed by atoms with E-state index in [2.05, 4.69) is 26.1 Å². The third kappa shape index (κ3) is 2.94. The van der Waals surface area contributed by atoms with Gasteiger partial charge in [-0.2, -0.15) is 4.98 Å². The Morgan fingerprint density at radius 3 is 2.67 bits per heavy atom. The summed E-state index contributed by atoms with van der Waals surface area (Å²) in [6.07, 6.45) is 0. The number of benzene rings is 1. The van der Waals surface area contributed by atoms with Gasteiger partial charge in [0.1, 0.15) is 0 Å². The van der Waals surface area contributed by atoms with E-state index in [1.54, 1.807) is 6.92 Å². The minimum absolute atomic E-state index is 0.0558. The van der Waals surface area contributed by atoms with Gasteiger partial charge in [-0.15, -0.1) is 0 Å². The molecule has 0 spiro atoms. The largest absolute Gasteiger partial charge is 0.481 e. The third-order valence-corrected chi connectivity index (χ3v) is 4.02. The summed E-state index contributed by atoms with van der Waals surface area (Å²) in [5.74, 6) is -4.08. The van der Waals surface area contributed by atoms with Crippen LogP contribution in [0.15, 0.2) is 21.1 Å². The second-order valence-corrected chi connectivity index (χ2v) is 5.39. The van der Waals surface area contributed by atoms with E-state index in [1.165, 1.54) is 13.0 Å². The Morgan fingerprint density at radius 1 is 1.38 bits per heavy atom. The molecule has 0 aliphatic carbocycles. The van der Waals surface area contributed by atoms with Crippen LogP contribution in [0.3, 0.4) is 0 Å². The SMILES string of the molecule is CC(C(=O)O)C(C)c1nc(-c2ccc(F)c(F)c2Br)no1. The van der Waals surface area contributed by atoms with Crippen LogP contribution in [0.25, 0.3) is 11.4 Å². The number of halogens is 3. The molecule has 8 heteroatoms. The lowest BCUT2D eigenvalue weighted by Crippen LogP contribution is -2.16. The fourth-order valence-electron chi connectivity index (χ4n) is 1.66. The lowest BCUT2D eigenvalue weighted by atomic mass is 9.96. The first-order chi connectivity index (χ1) is 9.82. The van der Waals surface area contributed by atoms with Gasteiger partial charge in [-0.05, 0) is 28.1 Å². The highest BCUT2D eigenvalue weighted by Gasteiger charge is 2.27. The maximum atomic E-state index is 13.5. The second kappa shape index (κ2) is 5.88. The molecule has 0 saturated heterocycles. The van der Waals surface area contributed by atoms with Crippen molar-refractivity contribution in [2.75, 3.05) is 0 Å². The molecule has 0 aliphatic rings. The Morgan fingerprint density at radius 2 is 2.05 bits per heavy atom. The fourth-order valence-corrected chi connectivity index (χ4v) is 2.15. The molecule has 112 valence electrons. The first-order valence-electron chi connectivity index (χ1n) is 6.03. The summed E-state index contributed by atoms with van der Waals surface area (Å²) in [7, 11) is 0. The summed E-state index contributed by atoms with van der Waals surface area (Å²) in [6, 6.07) is 2.26. The Kier molecular flexibility index (Phi) is 4.36. The Labute approximate surface area is 127 Å². The van der Waals surface area contributed by atoms with Crippen molar-refractivity contribution in [2.24, 2.45) is 5.92 Å². The average Bonchev–Trinajstić information content (AvgIpc) is 2.92. The molecule has 1 N–H and O–H groups in total. The standard InChI is InChI=1S/C13H11BrF2N2O3/c1-5(6(2)13(19)20)12-17-11(18-21-12)7-3-4-8(15)10(16)9(7)14/h3-6H,1-2H3,(H,19,20). The van der Waals surface area contributed by atoms with E-state index in [1.807, 2.05) is 0 Å². The van der Waals surface area contributed by atoms with Crippen molar-refractivity contribution in [1.29, 1.82) is 0 Å². The van der Waals surface area contributed by atoms with Crippen molar-refractivity contribution in [3.8, 4) is 11.4 Å². The van der Waals surface area contributed by atoms with Crippen LogP contribution in [-0.4, -0.2) is 21.2 Å². The summed E-state index contributed by atoms with van der Waals surface area (Å²) < 4.78 is 31.5. The van der Waals surface area contributed by atoms with E-state index < -0.39 is 29.4 Å². The molecule has 2 atom stereocenters. The molecule has 1 heterocycles. The molecule has 21 heavy (non-hydrogen) atoms. The number of aromatic nitrogens is 2. The zero-order valence-corrected chi connectivity index (χ0v) is 12.7. The number of rotatable bonds is 4. The van der Waals surface area contributed by atoms with Crippen LogP contribution in [-0.2, 0) is 4.79 Å². The number of carboxylic acids is 1. The lowest BCUT2D eigenvalue weighted by molar-refractivity contribution is -0.141. The van der Waals surface area contributed by atoms with Crippen LogP contribution in [0.2, 0.25) is 0 Å². The molecule has 0 bridgehead atoms. The topological polar surface area (TPSA) is 76.2 Å². The van der Waals surface area contributed by atoms with Crippen molar-refractivity contribution >= 4 is 21.9 Å². The molecule has 0 fully saturated rings. The van der Waals surface area contributed by atoms with Gasteiger partial charge in [0.05, 0.1) is 10.4 Å². The van der Waals surface area contributed by atoms with Gasteiger partial charge in [0.25, 0.3) is 0 Å². The molecular formula is C13H11BrF2N2O3. The number of carbonyl (C=O) groups is 1. The van der Waals surface area contributed by atoms with Gasteiger partial charge in [-0.3, -0.25) is 4.79 Å². The highest BCUT2D eigenvalue weighted by molar-refractivity contribution is 9.10. The van der Waals surface area contributed by atoms with Crippen molar-refractivity contribution < 1.29 is 23.2 Å².